The number of hydrogen-bond acceptors (Lipinski definition) is 6. The van der Waals surface area contributed by atoms with Gasteiger partial charge in [0, 0.05) is 6.42 Å². The predicted octanol–water partition coefficient (Wildman–Crippen LogP) is 17.3. The van der Waals surface area contributed by atoms with Gasteiger partial charge in [0.15, 0.2) is 0 Å². The molecule has 0 aromatic heterocycles. The number of allylic oxidation sites excluding steroid dienone is 8. The molecule has 0 rings (SSSR count). The van der Waals surface area contributed by atoms with Gasteiger partial charge in [-0.05, 0) is 51.4 Å². The molecule has 69 heavy (non-hydrogen) atoms. The van der Waals surface area contributed by atoms with Crippen LogP contribution in [0.5, 0.6) is 0 Å². The van der Waals surface area contributed by atoms with Crippen LogP contribution in [0.25, 0.3) is 0 Å². The molecule has 2 N–H and O–H groups in total. The monoisotopic (exact) mass is 991 g/mol. The Bertz CT molecular complexity index is 1260. The van der Waals surface area contributed by atoms with Gasteiger partial charge < -0.3 is 28.8 Å². The summed E-state index contributed by atoms with van der Waals surface area (Å²) < 4.78 is 23.4. The molecule has 3 unspecified atom stereocenters. The van der Waals surface area contributed by atoms with Crippen molar-refractivity contribution in [1.82, 2.24) is 5.32 Å². The molecular weight excluding hydrogens is 876 g/mol. The van der Waals surface area contributed by atoms with Crippen molar-refractivity contribution in [2.45, 2.75) is 289 Å². The summed E-state index contributed by atoms with van der Waals surface area (Å²) >= 11 is 0. The number of phosphoric ester groups is 1. The quantitative estimate of drug-likeness (QED) is 0.0272. The van der Waals surface area contributed by atoms with E-state index in [1.54, 1.807) is 0 Å². The molecule has 0 saturated heterocycles. The number of rotatable bonds is 54. The Morgan fingerprint density at radius 1 is 0.522 bits per heavy atom. The molecular formula is C60H115N2O6P. The number of nitrogens with one attached hydrogen (secondary N) is 1. The molecule has 0 bridgehead atoms. The first-order chi connectivity index (χ1) is 33.5. The number of aliphatic hydroxyl groups is 1. The van der Waals surface area contributed by atoms with E-state index in [0.29, 0.717) is 23.9 Å². The number of unbranched alkanes of at least 4 members (excludes halogenated alkanes) is 33. The fourth-order valence-electron chi connectivity index (χ4n) is 8.74. The Kier molecular flexibility index (Phi) is 50.2. The zero-order valence-corrected chi connectivity index (χ0v) is 47.2. The van der Waals surface area contributed by atoms with E-state index in [0.717, 1.165) is 70.6 Å². The maximum Gasteiger partial charge on any atom is 0.268 e. The van der Waals surface area contributed by atoms with Crippen LogP contribution >= 0.6 is 7.82 Å². The van der Waals surface area contributed by atoms with Crippen molar-refractivity contribution in [2.75, 3.05) is 40.9 Å². The highest BCUT2D eigenvalue weighted by Gasteiger charge is 2.24. The van der Waals surface area contributed by atoms with Crippen molar-refractivity contribution in [3.8, 4) is 0 Å². The van der Waals surface area contributed by atoms with Crippen LogP contribution in [-0.4, -0.2) is 68.5 Å². The minimum absolute atomic E-state index is 0.00940. The largest absolute Gasteiger partial charge is 0.756 e. The summed E-state index contributed by atoms with van der Waals surface area (Å²) in [5.74, 6) is -0.171. The first-order valence-corrected chi connectivity index (χ1v) is 30.9. The van der Waals surface area contributed by atoms with Crippen molar-refractivity contribution in [2.24, 2.45) is 0 Å². The van der Waals surface area contributed by atoms with Crippen molar-refractivity contribution in [3.63, 3.8) is 0 Å². The zero-order valence-electron chi connectivity index (χ0n) is 46.3. The lowest BCUT2D eigenvalue weighted by Gasteiger charge is -2.30. The maximum atomic E-state index is 13.0. The molecule has 8 nitrogen and oxygen atoms in total. The van der Waals surface area contributed by atoms with Crippen molar-refractivity contribution in [1.29, 1.82) is 0 Å². The van der Waals surface area contributed by atoms with Gasteiger partial charge in [0.2, 0.25) is 5.91 Å². The van der Waals surface area contributed by atoms with Crippen molar-refractivity contribution in [3.05, 3.63) is 48.6 Å². The van der Waals surface area contributed by atoms with Crippen LogP contribution in [0, 0.1) is 0 Å². The van der Waals surface area contributed by atoms with Crippen LogP contribution in [0.4, 0.5) is 0 Å². The fourth-order valence-corrected chi connectivity index (χ4v) is 9.46. The van der Waals surface area contributed by atoms with E-state index in [9.17, 15) is 19.4 Å². The highest BCUT2D eigenvalue weighted by atomic mass is 31.2. The molecule has 0 aliphatic rings. The number of aliphatic hydroxyl groups excluding tert-OH is 1. The van der Waals surface area contributed by atoms with Crippen molar-refractivity contribution < 1.29 is 32.9 Å². The Hall–Kier alpha value is -1.54. The van der Waals surface area contributed by atoms with Gasteiger partial charge in [-0.25, -0.2) is 0 Å². The lowest BCUT2D eigenvalue weighted by atomic mass is 10.0. The smallest absolute Gasteiger partial charge is 0.268 e. The third-order valence-corrected chi connectivity index (χ3v) is 14.3. The van der Waals surface area contributed by atoms with E-state index in [1.807, 2.05) is 21.1 Å². The third-order valence-electron chi connectivity index (χ3n) is 13.3. The molecule has 0 heterocycles. The van der Waals surface area contributed by atoms with Crippen LogP contribution < -0.4 is 10.2 Å². The van der Waals surface area contributed by atoms with E-state index < -0.39 is 20.0 Å². The van der Waals surface area contributed by atoms with E-state index in [2.05, 4.69) is 67.8 Å². The Morgan fingerprint density at radius 3 is 1.29 bits per heavy atom. The van der Waals surface area contributed by atoms with E-state index in [4.69, 9.17) is 9.05 Å². The van der Waals surface area contributed by atoms with Gasteiger partial charge in [-0.1, -0.05) is 268 Å². The molecule has 0 fully saturated rings. The second kappa shape index (κ2) is 51.4. The van der Waals surface area contributed by atoms with Crippen LogP contribution in [0.2, 0.25) is 0 Å². The summed E-state index contributed by atoms with van der Waals surface area (Å²) in [6.45, 7) is 4.63. The fraction of sp³-hybridized carbons (Fsp3) is 0.850. The normalized spacial score (nSPS) is 14.2. The van der Waals surface area contributed by atoms with Gasteiger partial charge in [-0.3, -0.25) is 9.36 Å². The standard InChI is InChI=1S/C60H115N2O6P/c1-6-8-10-12-14-16-18-20-22-24-26-28-29-30-31-32-34-35-37-39-41-43-45-47-49-51-53-59(63)58(57-68-69(65,66)67-56-55-62(3,4)5)61-60(64)54-52-50-48-46-44-42-40-38-36-33-27-25-23-21-19-17-15-13-11-9-7-2/h9,11,15,17,21,23,27,33,58-59,63H,6-8,10,12-14,16,18-20,22,24-26,28-32,34-57H2,1-5H3,(H-,61,64,65,66)/b11-9-,17-15-,23-21-,33-27-. The highest BCUT2D eigenvalue weighted by molar-refractivity contribution is 7.45. The maximum absolute atomic E-state index is 13.0. The molecule has 0 aliphatic carbocycles. The Labute approximate surface area is 429 Å². The number of carbonyl (C=O) groups is 1. The van der Waals surface area contributed by atoms with Gasteiger partial charge >= 0.3 is 0 Å². The lowest BCUT2D eigenvalue weighted by molar-refractivity contribution is -0.870. The number of phosphoric acid groups is 1. The molecule has 1 amide bonds. The average molecular weight is 992 g/mol. The summed E-state index contributed by atoms with van der Waals surface area (Å²) in [7, 11) is 1.30. The zero-order chi connectivity index (χ0) is 50.6. The summed E-state index contributed by atoms with van der Waals surface area (Å²) in [6, 6.07) is -0.808. The second-order valence-corrected chi connectivity index (χ2v) is 22.7. The Morgan fingerprint density at radius 2 is 0.884 bits per heavy atom. The van der Waals surface area contributed by atoms with Gasteiger partial charge in [-0.15, -0.1) is 0 Å². The molecule has 3 atom stereocenters. The van der Waals surface area contributed by atoms with Crippen LogP contribution in [-0.2, 0) is 18.4 Å². The van der Waals surface area contributed by atoms with Crippen LogP contribution in [0.15, 0.2) is 48.6 Å². The van der Waals surface area contributed by atoms with Crippen LogP contribution in [0.3, 0.4) is 0 Å². The molecule has 0 aromatic rings. The first-order valence-electron chi connectivity index (χ1n) is 29.5. The number of quaternary nitrogens is 1. The van der Waals surface area contributed by atoms with E-state index >= 15 is 0 Å². The summed E-state index contributed by atoms with van der Waals surface area (Å²) in [5, 5.41) is 14.0. The van der Waals surface area contributed by atoms with Gasteiger partial charge in [0.05, 0.1) is 39.9 Å². The topological polar surface area (TPSA) is 108 Å². The molecule has 0 spiro atoms. The summed E-state index contributed by atoms with van der Waals surface area (Å²) in [5.41, 5.74) is 0. The minimum Gasteiger partial charge on any atom is -0.756 e. The molecule has 9 heteroatoms. The molecule has 0 aromatic carbocycles. The van der Waals surface area contributed by atoms with E-state index in [-0.39, 0.29) is 19.1 Å². The number of nitrogens with zero attached hydrogens (tertiary/aromatic N) is 1. The predicted molar refractivity (Wildman–Crippen MR) is 298 cm³/mol. The second-order valence-electron chi connectivity index (χ2n) is 21.3. The SMILES string of the molecule is CC/C=C\C/C=C\C/C=C\C/C=C\CCCCCCCCCCC(=O)NC(COP(=O)([O-])OCC[N+](C)(C)C)C(O)CCCCCCCCCCCCCCCCCCCCCCCCCCCC. The third kappa shape index (κ3) is 54.1. The molecule has 0 radical (unpaired) electrons. The van der Waals surface area contributed by atoms with Gasteiger partial charge in [0.25, 0.3) is 7.82 Å². The van der Waals surface area contributed by atoms with Crippen molar-refractivity contribution >= 4 is 13.7 Å². The molecule has 406 valence electrons. The van der Waals surface area contributed by atoms with Gasteiger partial charge in [0.1, 0.15) is 13.2 Å². The number of amides is 1. The summed E-state index contributed by atoms with van der Waals surface area (Å²) in [6.07, 6.45) is 67.2. The first kappa shape index (κ1) is 67.5. The minimum atomic E-state index is -4.58. The van der Waals surface area contributed by atoms with Crippen LogP contribution in [0.1, 0.15) is 277 Å². The number of hydrogen-bond donors (Lipinski definition) is 2. The number of likely N-dealkylation sites (N-methyl/N-ethyl adjacent to an activating group) is 1. The van der Waals surface area contributed by atoms with E-state index in [1.165, 1.54) is 180 Å². The summed E-state index contributed by atoms with van der Waals surface area (Å²) in [4.78, 5) is 25.5. The number of carbonyl (C=O) groups excluding carboxylic acids is 1. The highest BCUT2D eigenvalue weighted by Crippen LogP contribution is 2.38. The Balaban J connectivity index is 4.15. The molecule has 0 aliphatic heterocycles. The molecule has 0 saturated carbocycles. The van der Waals surface area contributed by atoms with Gasteiger partial charge in [-0.2, -0.15) is 0 Å². The lowest BCUT2D eigenvalue weighted by Crippen LogP contribution is -2.46. The average Bonchev–Trinajstić information content (AvgIpc) is 3.31.